The SMILES string of the molecule is CC(C)C1(OC(=O)C(N)Cc2ccccc2)C(=O)OCc2c1cc1n(c2=O)Cc2cc3c(CC=NOC(C)(C)C)c(OC(=O)N4CCC(N5CCCCC5)CC4)ccc3nc2-1. The first-order valence-electron chi connectivity index (χ1n) is 21.6. The highest BCUT2D eigenvalue weighted by Crippen LogP contribution is 2.44. The average molecular weight is 833 g/mol. The number of hydrogen-bond acceptors (Lipinski definition) is 12. The van der Waals surface area contributed by atoms with Crippen molar-refractivity contribution in [3.05, 3.63) is 92.8 Å². The first-order chi connectivity index (χ1) is 29.2. The largest absolute Gasteiger partial charge is 0.457 e. The Balaban J connectivity index is 1.12. The number of fused-ring (bicyclic) bond motifs is 5. The van der Waals surface area contributed by atoms with Crippen molar-refractivity contribution in [1.29, 1.82) is 0 Å². The van der Waals surface area contributed by atoms with Crippen molar-refractivity contribution in [1.82, 2.24) is 19.4 Å². The lowest BCUT2D eigenvalue weighted by molar-refractivity contribution is -0.196. The molecular formula is C47H56N6O8. The van der Waals surface area contributed by atoms with Crippen LogP contribution in [0.1, 0.15) is 94.5 Å². The minimum atomic E-state index is -1.92. The number of ether oxygens (including phenoxy) is 3. The quantitative estimate of drug-likeness (QED) is 0.0962. The molecule has 14 nitrogen and oxygen atoms in total. The third-order valence-electron chi connectivity index (χ3n) is 12.4. The molecule has 4 aliphatic rings. The predicted molar refractivity (Wildman–Crippen MR) is 230 cm³/mol. The van der Waals surface area contributed by atoms with Crippen LogP contribution in [0.5, 0.6) is 5.75 Å². The van der Waals surface area contributed by atoms with E-state index in [0.29, 0.717) is 47.3 Å². The molecule has 2 N–H and O–H groups in total. The Morgan fingerprint density at radius 3 is 2.46 bits per heavy atom. The van der Waals surface area contributed by atoms with Crippen LogP contribution in [0, 0.1) is 5.92 Å². The van der Waals surface area contributed by atoms with Crippen molar-refractivity contribution in [2.45, 2.75) is 116 Å². The Bertz CT molecular complexity index is 2410. The van der Waals surface area contributed by atoms with Gasteiger partial charge in [0.2, 0.25) is 5.60 Å². The highest BCUT2D eigenvalue weighted by Gasteiger charge is 2.54. The first kappa shape index (κ1) is 42.1. The number of hydrogen-bond donors (Lipinski definition) is 1. The van der Waals surface area contributed by atoms with Gasteiger partial charge in [0.15, 0.2) is 0 Å². The number of rotatable bonds is 10. The van der Waals surface area contributed by atoms with E-state index in [9.17, 15) is 19.2 Å². The average Bonchev–Trinajstić information content (AvgIpc) is 3.61. The van der Waals surface area contributed by atoms with Crippen LogP contribution < -0.4 is 16.0 Å². The fourth-order valence-electron chi connectivity index (χ4n) is 9.14. The standard InChI is InChI=1S/C47H56N6O8/c1-29(2)47(60-43(55)37(48)24-30-12-8-6-9-13-30)36-26-39-41-31(27-53(39)42(54)35(36)28-58-44(47)56)25-34-33(16-19-49-61-46(3,4)5)40(15-14-38(34)50-41)59-45(57)52-22-17-32(18-23-52)51-20-10-7-11-21-51/h6,8-9,12-15,19,25-26,29,32,37H,7,10-11,16-18,20-24,27-28,48H2,1-5H3. The van der Waals surface area contributed by atoms with Gasteiger partial charge in [0.05, 0.1) is 29.0 Å². The molecule has 8 rings (SSSR count). The van der Waals surface area contributed by atoms with Crippen molar-refractivity contribution in [3.8, 4) is 17.1 Å². The van der Waals surface area contributed by atoms with E-state index >= 15 is 0 Å². The minimum absolute atomic E-state index is 0.195. The Morgan fingerprint density at radius 2 is 1.75 bits per heavy atom. The van der Waals surface area contributed by atoms with Gasteiger partial charge in [-0.25, -0.2) is 14.6 Å². The Kier molecular flexibility index (Phi) is 11.8. The van der Waals surface area contributed by atoms with E-state index in [2.05, 4.69) is 10.1 Å². The molecule has 0 spiro atoms. The lowest BCUT2D eigenvalue weighted by atomic mass is 9.79. The molecule has 61 heavy (non-hydrogen) atoms. The van der Waals surface area contributed by atoms with Gasteiger partial charge < -0.3 is 39.1 Å². The van der Waals surface area contributed by atoms with E-state index in [1.165, 1.54) is 19.3 Å². The predicted octanol–water partition coefficient (Wildman–Crippen LogP) is 6.24. The molecule has 0 radical (unpaired) electrons. The molecule has 14 heteroatoms. The third-order valence-corrected chi connectivity index (χ3v) is 12.4. The second kappa shape index (κ2) is 17.0. The molecule has 4 aromatic rings. The van der Waals surface area contributed by atoms with Crippen molar-refractivity contribution < 1.29 is 33.4 Å². The number of esters is 2. The molecule has 2 atom stereocenters. The maximum absolute atomic E-state index is 14.4. The van der Waals surface area contributed by atoms with E-state index in [1.54, 1.807) is 47.7 Å². The van der Waals surface area contributed by atoms with Gasteiger partial charge >= 0.3 is 18.0 Å². The van der Waals surface area contributed by atoms with Crippen molar-refractivity contribution in [2.24, 2.45) is 16.8 Å². The summed E-state index contributed by atoms with van der Waals surface area (Å²) >= 11 is 0. The van der Waals surface area contributed by atoms with Crippen LogP contribution in [-0.4, -0.2) is 87.5 Å². The smallest absolute Gasteiger partial charge is 0.415 e. The van der Waals surface area contributed by atoms with Gasteiger partial charge in [-0.15, -0.1) is 0 Å². The summed E-state index contributed by atoms with van der Waals surface area (Å²) < 4.78 is 19.5. The third kappa shape index (κ3) is 8.39. The summed E-state index contributed by atoms with van der Waals surface area (Å²) in [5.74, 6) is -1.77. The monoisotopic (exact) mass is 832 g/mol. The fourth-order valence-corrected chi connectivity index (χ4v) is 9.14. The maximum atomic E-state index is 14.4. The number of amides is 1. The molecule has 322 valence electrons. The summed E-state index contributed by atoms with van der Waals surface area (Å²) in [5, 5.41) is 4.96. The van der Waals surface area contributed by atoms with Crippen LogP contribution in [0.15, 0.2) is 64.5 Å². The lowest BCUT2D eigenvalue weighted by Crippen LogP contribution is -2.53. The number of carbonyl (C=O) groups is 3. The number of cyclic esters (lactones) is 1. The topological polar surface area (TPSA) is 168 Å². The molecule has 2 unspecified atom stereocenters. The van der Waals surface area contributed by atoms with Gasteiger partial charge in [-0.1, -0.05) is 55.8 Å². The highest BCUT2D eigenvalue weighted by molar-refractivity contribution is 5.92. The number of benzene rings is 2. The van der Waals surface area contributed by atoms with Crippen LogP contribution in [0.3, 0.4) is 0 Å². The second-order valence-corrected chi connectivity index (χ2v) is 18.0. The Hall–Kier alpha value is -5.60. The zero-order valence-corrected chi connectivity index (χ0v) is 35.8. The van der Waals surface area contributed by atoms with Crippen LogP contribution in [0.25, 0.3) is 22.3 Å². The van der Waals surface area contributed by atoms with Gasteiger partial charge in [0.25, 0.3) is 5.56 Å². The Morgan fingerprint density at radius 1 is 1.02 bits per heavy atom. The first-order valence-corrected chi connectivity index (χ1v) is 21.6. The number of aromatic nitrogens is 2. The molecule has 6 heterocycles. The number of piperidine rings is 2. The van der Waals surface area contributed by atoms with Crippen molar-refractivity contribution in [2.75, 3.05) is 26.2 Å². The molecule has 4 aliphatic heterocycles. The Labute approximate surface area is 356 Å². The van der Waals surface area contributed by atoms with Crippen LogP contribution in [0.2, 0.25) is 0 Å². The van der Waals surface area contributed by atoms with Gasteiger partial charge in [0, 0.05) is 59.8 Å². The number of nitrogens with two attached hydrogens (primary N) is 1. The van der Waals surface area contributed by atoms with E-state index in [0.717, 1.165) is 42.4 Å². The summed E-state index contributed by atoms with van der Waals surface area (Å²) in [4.78, 5) is 70.7. The molecule has 2 fully saturated rings. The number of oxime groups is 1. The van der Waals surface area contributed by atoms with Crippen molar-refractivity contribution in [3.63, 3.8) is 0 Å². The van der Waals surface area contributed by atoms with Gasteiger partial charge in [0.1, 0.15) is 24.0 Å². The zero-order chi connectivity index (χ0) is 43.1. The van der Waals surface area contributed by atoms with E-state index in [-0.39, 0.29) is 42.7 Å². The normalized spacial score (nSPS) is 20.0. The van der Waals surface area contributed by atoms with Crippen LogP contribution in [0.4, 0.5) is 4.79 Å². The van der Waals surface area contributed by atoms with Gasteiger partial charge in [-0.3, -0.25) is 9.59 Å². The number of likely N-dealkylation sites (tertiary alicyclic amines) is 2. The molecule has 2 saturated heterocycles. The van der Waals surface area contributed by atoms with E-state index in [1.807, 2.05) is 57.2 Å². The molecule has 2 aromatic carbocycles. The molecule has 1 amide bonds. The summed E-state index contributed by atoms with van der Waals surface area (Å²) in [6, 6.07) is 16.0. The van der Waals surface area contributed by atoms with Gasteiger partial charge in [-0.2, -0.15) is 0 Å². The molecule has 0 saturated carbocycles. The second-order valence-electron chi connectivity index (χ2n) is 18.0. The zero-order valence-electron chi connectivity index (χ0n) is 35.8. The summed E-state index contributed by atoms with van der Waals surface area (Å²) in [5.41, 5.74) is 7.98. The molecular weight excluding hydrogens is 777 g/mol. The lowest BCUT2D eigenvalue weighted by Gasteiger charge is -2.39. The van der Waals surface area contributed by atoms with E-state index < -0.39 is 41.2 Å². The summed E-state index contributed by atoms with van der Waals surface area (Å²) in [6.07, 6.45) is 7.32. The molecule has 2 aromatic heterocycles. The number of nitrogens with zero attached hydrogens (tertiary/aromatic N) is 5. The fraction of sp³-hybridized carbons (Fsp3) is 0.489. The highest BCUT2D eigenvalue weighted by atomic mass is 16.6. The van der Waals surface area contributed by atoms with Crippen LogP contribution in [-0.2, 0) is 55.5 Å². The summed E-state index contributed by atoms with van der Waals surface area (Å²) in [7, 11) is 0. The number of pyridine rings is 2. The molecule has 0 aliphatic carbocycles. The maximum Gasteiger partial charge on any atom is 0.415 e. The van der Waals surface area contributed by atoms with E-state index in [4.69, 9.17) is 29.8 Å². The van der Waals surface area contributed by atoms with Crippen LogP contribution >= 0.6 is 0 Å². The summed E-state index contributed by atoms with van der Waals surface area (Å²) in [6.45, 7) is 12.7. The number of carbonyl (C=O) groups excluding carboxylic acids is 3. The van der Waals surface area contributed by atoms with Gasteiger partial charge in [-0.05, 0) is 95.8 Å². The van der Waals surface area contributed by atoms with Crippen molar-refractivity contribution >= 4 is 35.1 Å². The molecule has 0 bridgehead atoms. The minimum Gasteiger partial charge on any atom is -0.457 e.